The molecule has 0 fully saturated rings. The summed E-state index contributed by atoms with van der Waals surface area (Å²) in [7, 11) is 0. The van der Waals surface area contributed by atoms with Gasteiger partial charge in [-0.15, -0.1) is 0 Å². The number of likely N-dealkylation sites (N-methyl/N-ethyl adjacent to an activating group) is 1. The highest BCUT2D eigenvalue weighted by molar-refractivity contribution is 5.73. The lowest BCUT2D eigenvalue weighted by atomic mass is 10.2. The molecular formula is C12H19N3O2. The second kappa shape index (κ2) is 6.32. The number of rotatable bonds is 6. The normalized spacial score (nSPS) is 12.7. The Labute approximate surface area is 101 Å². The van der Waals surface area contributed by atoms with Gasteiger partial charge in [-0.1, -0.05) is 13.0 Å². The van der Waals surface area contributed by atoms with E-state index in [1.165, 1.54) is 0 Å². The van der Waals surface area contributed by atoms with Crippen LogP contribution in [0.2, 0.25) is 0 Å². The van der Waals surface area contributed by atoms with Gasteiger partial charge in [0.1, 0.15) is 6.04 Å². The van der Waals surface area contributed by atoms with Crippen LogP contribution in [0.5, 0.6) is 0 Å². The van der Waals surface area contributed by atoms with E-state index in [1.54, 1.807) is 0 Å². The topological polar surface area (TPSA) is 79.5 Å². The molecule has 0 saturated heterocycles. The van der Waals surface area contributed by atoms with Crippen LogP contribution in [0.4, 0.5) is 0 Å². The number of hydrogen-bond acceptors (Lipinski definition) is 4. The number of aryl methyl sites for hydroxylation is 1. The predicted molar refractivity (Wildman–Crippen MR) is 65.5 cm³/mol. The van der Waals surface area contributed by atoms with Crippen LogP contribution in [0.3, 0.4) is 0 Å². The van der Waals surface area contributed by atoms with Crippen LogP contribution in [-0.4, -0.2) is 40.1 Å². The Bertz CT molecular complexity index is 382. The van der Waals surface area contributed by atoms with E-state index in [0.29, 0.717) is 13.1 Å². The lowest BCUT2D eigenvalue weighted by molar-refractivity contribution is -0.139. The summed E-state index contributed by atoms with van der Waals surface area (Å²) in [4.78, 5) is 17.0. The third-order valence-electron chi connectivity index (χ3n) is 2.55. The van der Waals surface area contributed by atoms with Crippen molar-refractivity contribution >= 4 is 5.97 Å². The van der Waals surface area contributed by atoms with Crippen molar-refractivity contribution in [3.05, 3.63) is 29.6 Å². The number of aromatic nitrogens is 1. The van der Waals surface area contributed by atoms with Gasteiger partial charge in [0, 0.05) is 18.8 Å². The molecule has 0 spiro atoms. The van der Waals surface area contributed by atoms with Crippen molar-refractivity contribution in [2.75, 3.05) is 13.1 Å². The fourth-order valence-corrected chi connectivity index (χ4v) is 1.58. The minimum absolute atomic E-state index is 0.335. The molecule has 5 heteroatoms. The molecule has 5 nitrogen and oxygen atoms in total. The number of aliphatic carboxylic acids is 1. The first-order valence-corrected chi connectivity index (χ1v) is 5.66. The van der Waals surface area contributed by atoms with Gasteiger partial charge in [0.05, 0.1) is 5.69 Å². The molecule has 0 saturated carbocycles. The maximum Gasteiger partial charge on any atom is 0.321 e. The number of carboxylic acids is 1. The molecule has 1 aromatic rings. The van der Waals surface area contributed by atoms with Crippen LogP contribution in [0.25, 0.3) is 0 Å². The van der Waals surface area contributed by atoms with E-state index in [1.807, 2.05) is 36.9 Å². The molecule has 0 aliphatic carbocycles. The van der Waals surface area contributed by atoms with E-state index in [-0.39, 0.29) is 0 Å². The quantitative estimate of drug-likeness (QED) is 0.758. The monoisotopic (exact) mass is 237 g/mol. The standard InChI is InChI=1S/C12H19N3O2/c1-3-15(8-11(13)12(16)17)7-10-6-4-5-9(2)14-10/h4-6,11H,3,7-8,13H2,1-2H3,(H,16,17). The summed E-state index contributed by atoms with van der Waals surface area (Å²) >= 11 is 0. The van der Waals surface area contributed by atoms with Crippen molar-refractivity contribution in [3.8, 4) is 0 Å². The Balaban J connectivity index is 2.61. The highest BCUT2D eigenvalue weighted by Crippen LogP contribution is 2.03. The fraction of sp³-hybridized carbons (Fsp3) is 0.500. The molecule has 0 aliphatic rings. The molecule has 1 unspecified atom stereocenters. The number of carboxylic acid groups (broad SMARTS) is 1. The zero-order valence-electron chi connectivity index (χ0n) is 10.3. The zero-order chi connectivity index (χ0) is 12.8. The van der Waals surface area contributed by atoms with Crippen LogP contribution >= 0.6 is 0 Å². The van der Waals surface area contributed by atoms with Gasteiger partial charge in [-0.25, -0.2) is 0 Å². The minimum atomic E-state index is -0.972. The van der Waals surface area contributed by atoms with Crippen molar-refractivity contribution in [2.45, 2.75) is 26.4 Å². The number of carbonyl (C=O) groups is 1. The summed E-state index contributed by atoms with van der Waals surface area (Å²) in [6, 6.07) is 4.97. The largest absolute Gasteiger partial charge is 0.480 e. The summed E-state index contributed by atoms with van der Waals surface area (Å²) in [5.41, 5.74) is 7.41. The zero-order valence-corrected chi connectivity index (χ0v) is 10.3. The lowest BCUT2D eigenvalue weighted by Crippen LogP contribution is -2.42. The molecule has 1 aromatic heterocycles. The van der Waals surface area contributed by atoms with Crippen molar-refractivity contribution in [3.63, 3.8) is 0 Å². The SMILES string of the molecule is CCN(Cc1cccc(C)n1)CC(N)C(=O)O. The van der Waals surface area contributed by atoms with E-state index in [2.05, 4.69) is 4.98 Å². The number of pyridine rings is 1. The van der Waals surface area contributed by atoms with E-state index >= 15 is 0 Å². The maximum absolute atomic E-state index is 10.7. The minimum Gasteiger partial charge on any atom is -0.480 e. The number of nitrogens with zero attached hydrogens (tertiary/aromatic N) is 2. The van der Waals surface area contributed by atoms with E-state index in [9.17, 15) is 4.79 Å². The van der Waals surface area contributed by atoms with Crippen molar-refractivity contribution in [2.24, 2.45) is 5.73 Å². The van der Waals surface area contributed by atoms with Crippen LogP contribution < -0.4 is 5.73 Å². The van der Waals surface area contributed by atoms with Crippen molar-refractivity contribution in [1.82, 2.24) is 9.88 Å². The number of nitrogens with two attached hydrogens (primary N) is 1. The molecule has 1 rings (SSSR count). The maximum atomic E-state index is 10.7. The molecule has 1 atom stereocenters. The molecular weight excluding hydrogens is 218 g/mol. The van der Waals surface area contributed by atoms with Crippen LogP contribution in [-0.2, 0) is 11.3 Å². The van der Waals surface area contributed by atoms with Crippen LogP contribution in [0, 0.1) is 6.92 Å². The Morgan fingerprint density at radius 1 is 1.59 bits per heavy atom. The lowest BCUT2D eigenvalue weighted by Gasteiger charge is -2.21. The molecule has 0 aromatic carbocycles. The molecule has 0 radical (unpaired) electrons. The Morgan fingerprint density at radius 3 is 2.82 bits per heavy atom. The highest BCUT2D eigenvalue weighted by atomic mass is 16.4. The van der Waals surface area contributed by atoms with Gasteiger partial charge in [-0.05, 0) is 25.6 Å². The third kappa shape index (κ3) is 4.50. The Morgan fingerprint density at radius 2 is 2.29 bits per heavy atom. The summed E-state index contributed by atoms with van der Waals surface area (Å²) < 4.78 is 0. The average molecular weight is 237 g/mol. The van der Waals surface area contributed by atoms with E-state index in [4.69, 9.17) is 10.8 Å². The number of hydrogen-bond donors (Lipinski definition) is 2. The van der Waals surface area contributed by atoms with Gasteiger partial charge in [-0.2, -0.15) is 0 Å². The average Bonchev–Trinajstić information content (AvgIpc) is 2.27. The summed E-state index contributed by atoms with van der Waals surface area (Å²) in [5.74, 6) is -0.972. The van der Waals surface area contributed by atoms with Gasteiger partial charge >= 0.3 is 5.97 Å². The van der Waals surface area contributed by atoms with Crippen LogP contribution in [0.15, 0.2) is 18.2 Å². The van der Waals surface area contributed by atoms with Crippen molar-refractivity contribution in [1.29, 1.82) is 0 Å². The Kier molecular flexibility index (Phi) is 5.06. The van der Waals surface area contributed by atoms with Gasteiger partial charge < -0.3 is 10.8 Å². The molecule has 0 aliphatic heterocycles. The molecule has 17 heavy (non-hydrogen) atoms. The molecule has 3 N–H and O–H groups in total. The molecule has 0 amide bonds. The first kappa shape index (κ1) is 13.6. The molecule has 1 heterocycles. The third-order valence-corrected chi connectivity index (χ3v) is 2.55. The summed E-state index contributed by atoms with van der Waals surface area (Å²) in [5, 5.41) is 8.77. The summed E-state index contributed by atoms with van der Waals surface area (Å²) in [6.45, 7) is 5.62. The highest BCUT2D eigenvalue weighted by Gasteiger charge is 2.15. The smallest absolute Gasteiger partial charge is 0.321 e. The van der Waals surface area contributed by atoms with Crippen LogP contribution in [0.1, 0.15) is 18.3 Å². The predicted octanol–water partition coefficient (Wildman–Crippen LogP) is 0.624. The second-order valence-corrected chi connectivity index (χ2v) is 4.04. The second-order valence-electron chi connectivity index (χ2n) is 4.04. The fourth-order valence-electron chi connectivity index (χ4n) is 1.58. The van der Waals surface area contributed by atoms with E-state index in [0.717, 1.165) is 17.9 Å². The first-order valence-electron chi connectivity index (χ1n) is 5.66. The van der Waals surface area contributed by atoms with Gasteiger partial charge in [0.25, 0.3) is 0 Å². The van der Waals surface area contributed by atoms with E-state index < -0.39 is 12.0 Å². The Hall–Kier alpha value is -1.46. The van der Waals surface area contributed by atoms with Gasteiger partial charge in [0.2, 0.25) is 0 Å². The van der Waals surface area contributed by atoms with Gasteiger partial charge in [-0.3, -0.25) is 14.7 Å². The van der Waals surface area contributed by atoms with Gasteiger partial charge in [0.15, 0.2) is 0 Å². The van der Waals surface area contributed by atoms with Crippen molar-refractivity contribution < 1.29 is 9.90 Å². The summed E-state index contributed by atoms with van der Waals surface area (Å²) in [6.07, 6.45) is 0. The molecule has 94 valence electrons. The molecule has 0 bridgehead atoms. The first-order chi connectivity index (χ1) is 8.02.